The highest BCUT2D eigenvalue weighted by atomic mass is 16.6. The first kappa shape index (κ1) is 7.25. The van der Waals surface area contributed by atoms with Crippen LogP contribution in [0.15, 0.2) is 0 Å². The van der Waals surface area contributed by atoms with E-state index < -0.39 is 0 Å². The Labute approximate surface area is 59.4 Å². The summed E-state index contributed by atoms with van der Waals surface area (Å²) in [5.74, 6) is -1.18. The summed E-state index contributed by atoms with van der Waals surface area (Å²) in [7, 11) is 0. The van der Waals surface area contributed by atoms with Gasteiger partial charge in [-0.1, -0.05) is 13.8 Å². The highest BCUT2D eigenvalue weighted by molar-refractivity contribution is 5.96. The van der Waals surface area contributed by atoms with E-state index in [1.165, 1.54) is 0 Å². The van der Waals surface area contributed by atoms with Crippen molar-refractivity contribution in [3.05, 3.63) is 0 Å². The van der Waals surface area contributed by atoms with E-state index in [1.54, 1.807) is 6.92 Å². The number of rotatable bonds is 1. The maximum atomic E-state index is 10.8. The predicted molar refractivity (Wildman–Crippen MR) is 34.0 cm³/mol. The van der Waals surface area contributed by atoms with Crippen molar-refractivity contribution in [2.24, 2.45) is 11.8 Å². The largest absolute Gasteiger partial charge is 0.393 e. The zero-order valence-electron chi connectivity index (χ0n) is 6.09. The van der Waals surface area contributed by atoms with Crippen LogP contribution in [0.4, 0.5) is 0 Å². The molecule has 1 fully saturated rings. The van der Waals surface area contributed by atoms with Gasteiger partial charge < -0.3 is 4.74 Å². The minimum Gasteiger partial charge on any atom is -0.393 e. The van der Waals surface area contributed by atoms with Gasteiger partial charge in [-0.25, -0.2) is 0 Å². The molecule has 1 aliphatic rings. The molecule has 0 aromatic carbocycles. The maximum Gasteiger partial charge on any atom is 0.317 e. The van der Waals surface area contributed by atoms with Gasteiger partial charge in [0.2, 0.25) is 0 Å². The number of ether oxygens (including phenoxy) is 1. The zero-order valence-corrected chi connectivity index (χ0v) is 6.09. The summed E-state index contributed by atoms with van der Waals surface area (Å²) in [4.78, 5) is 21.5. The average molecular weight is 142 g/mol. The third-order valence-corrected chi connectivity index (χ3v) is 1.92. The molecule has 0 aliphatic carbocycles. The third-order valence-electron chi connectivity index (χ3n) is 1.92. The molecule has 0 aromatic heterocycles. The lowest BCUT2D eigenvalue weighted by molar-refractivity contribution is -0.153. The molecule has 1 aliphatic heterocycles. The van der Waals surface area contributed by atoms with Crippen molar-refractivity contribution in [2.45, 2.75) is 20.3 Å². The molecule has 0 aromatic rings. The van der Waals surface area contributed by atoms with E-state index in [2.05, 4.69) is 4.74 Å². The van der Waals surface area contributed by atoms with Crippen LogP contribution in [0.25, 0.3) is 0 Å². The number of cyclic esters (lactones) is 2. The Morgan fingerprint density at radius 1 is 1.40 bits per heavy atom. The van der Waals surface area contributed by atoms with Crippen LogP contribution in [0.2, 0.25) is 0 Å². The van der Waals surface area contributed by atoms with Crippen LogP contribution in [-0.2, 0) is 14.3 Å². The van der Waals surface area contributed by atoms with E-state index in [4.69, 9.17) is 0 Å². The summed E-state index contributed by atoms with van der Waals surface area (Å²) in [5.41, 5.74) is 0. The van der Waals surface area contributed by atoms with Crippen molar-refractivity contribution in [1.29, 1.82) is 0 Å². The summed E-state index contributed by atoms with van der Waals surface area (Å²) in [6.45, 7) is 3.60. The number of carbonyl (C=O) groups is 2. The lowest BCUT2D eigenvalue weighted by atomic mass is 9.95. The molecule has 1 saturated heterocycles. The minimum atomic E-state index is -0.378. The Hall–Kier alpha value is -0.860. The smallest absolute Gasteiger partial charge is 0.317 e. The van der Waals surface area contributed by atoms with Gasteiger partial charge in [-0.3, -0.25) is 9.59 Å². The Morgan fingerprint density at radius 2 is 2.00 bits per heavy atom. The van der Waals surface area contributed by atoms with Gasteiger partial charge in [-0.05, 0) is 6.42 Å². The van der Waals surface area contributed by atoms with E-state index in [-0.39, 0.29) is 23.8 Å². The lowest BCUT2D eigenvalue weighted by Gasteiger charge is -2.02. The predicted octanol–water partition coefficient (Wildman–Crippen LogP) is 0.732. The normalized spacial score (nSPS) is 32.6. The lowest BCUT2D eigenvalue weighted by Crippen LogP contribution is -2.12. The van der Waals surface area contributed by atoms with Crippen LogP contribution in [0.1, 0.15) is 20.3 Å². The number of carbonyl (C=O) groups excluding carboxylic acids is 2. The van der Waals surface area contributed by atoms with Gasteiger partial charge in [0, 0.05) is 0 Å². The first-order chi connectivity index (χ1) is 4.66. The maximum absolute atomic E-state index is 10.8. The van der Waals surface area contributed by atoms with Crippen molar-refractivity contribution < 1.29 is 14.3 Å². The molecule has 0 N–H and O–H groups in total. The van der Waals surface area contributed by atoms with Gasteiger partial charge in [-0.2, -0.15) is 0 Å². The third kappa shape index (κ3) is 0.916. The minimum absolute atomic E-state index is 0.201. The highest BCUT2D eigenvalue weighted by Crippen LogP contribution is 2.25. The zero-order chi connectivity index (χ0) is 7.72. The van der Waals surface area contributed by atoms with E-state index >= 15 is 0 Å². The molecule has 0 spiro atoms. The molecule has 0 bridgehead atoms. The summed E-state index contributed by atoms with van der Waals surface area (Å²) in [5, 5.41) is 0. The summed E-state index contributed by atoms with van der Waals surface area (Å²) in [6.07, 6.45) is 0.686. The molecule has 1 heterocycles. The van der Waals surface area contributed by atoms with Crippen molar-refractivity contribution in [2.75, 3.05) is 0 Å². The second-order valence-electron chi connectivity index (χ2n) is 2.54. The molecule has 2 atom stereocenters. The van der Waals surface area contributed by atoms with Crippen LogP contribution >= 0.6 is 0 Å². The molecule has 0 amide bonds. The summed E-state index contributed by atoms with van der Waals surface area (Å²) in [6, 6.07) is 0. The first-order valence-electron chi connectivity index (χ1n) is 3.42. The van der Waals surface area contributed by atoms with Crippen molar-refractivity contribution in [1.82, 2.24) is 0 Å². The first-order valence-corrected chi connectivity index (χ1v) is 3.42. The number of esters is 2. The molecule has 10 heavy (non-hydrogen) atoms. The molecular weight excluding hydrogens is 132 g/mol. The van der Waals surface area contributed by atoms with E-state index in [1.807, 2.05) is 6.92 Å². The summed E-state index contributed by atoms with van der Waals surface area (Å²) < 4.78 is 4.40. The van der Waals surface area contributed by atoms with E-state index in [9.17, 15) is 9.59 Å². The van der Waals surface area contributed by atoms with Gasteiger partial charge in [0.05, 0.1) is 11.8 Å². The second kappa shape index (κ2) is 2.40. The van der Waals surface area contributed by atoms with Crippen LogP contribution < -0.4 is 0 Å². The van der Waals surface area contributed by atoms with E-state index in [0.29, 0.717) is 6.42 Å². The fourth-order valence-corrected chi connectivity index (χ4v) is 1.16. The molecule has 56 valence electrons. The van der Waals surface area contributed by atoms with Gasteiger partial charge in [0.25, 0.3) is 0 Å². The molecule has 0 saturated carbocycles. The highest BCUT2D eigenvalue weighted by Gasteiger charge is 2.39. The monoisotopic (exact) mass is 142 g/mol. The molecule has 0 radical (unpaired) electrons. The van der Waals surface area contributed by atoms with Crippen LogP contribution in [0.5, 0.6) is 0 Å². The molecule has 3 nitrogen and oxygen atoms in total. The molecule has 1 rings (SSSR count). The van der Waals surface area contributed by atoms with Crippen molar-refractivity contribution in [3.63, 3.8) is 0 Å². The van der Waals surface area contributed by atoms with Gasteiger partial charge >= 0.3 is 11.9 Å². The van der Waals surface area contributed by atoms with Gasteiger partial charge in [0.1, 0.15) is 0 Å². The van der Waals surface area contributed by atoms with Crippen LogP contribution in [0.3, 0.4) is 0 Å². The fourth-order valence-electron chi connectivity index (χ4n) is 1.16. The van der Waals surface area contributed by atoms with Crippen LogP contribution in [0, 0.1) is 11.8 Å². The number of hydrogen-bond acceptors (Lipinski definition) is 3. The molecule has 3 heteroatoms. The number of hydrogen-bond donors (Lipinski definition) is 0. The van der Waals surface area contributed by atoms with E-state index in [0.717, 1.165) is 0 Å². The fraction of sp³-hybridized carbons (Fsp3) is 0.714. The van der Waals surface area contributed by atoms with Crippen LogP contribution in [-0.4, -0.2) is 11.9 Å². The van der Waals surface area contributed by atoms with Gasteiger partial charge in [0.15, 0.2) is 0 Å². The van der Waals surface area contributed by atoms with Crippen molar-refractivity contribution >= 4 is 11.9 Å². The van der Waals surface area contributed by atoms with Crippen molar-refractivity contribution in [3.8, 4) is 0 Å². The average Bonchev–Trinajstić information content (AvgIpc) is 2.09. The quantitative estimate of drug-likeness (QED) is 0.400. The topological polar surface area (TPSA) is 43.4 Å². The molecular formula is C7H10O3. The molecule has 0 unspecified atom stereocenters. The summed E-state index contributed by atoms with van der Waals surface area (Å²) >= 11 is 0. The van der Waals surface area contributed by atoms with Gasteiger partial charge in [-0.15, -0.1) is 0 Å². The Morgan fingerprint density at radius 3 is 2.20 bits per heavy atom. The Bertz CT molecular complexity index is 174. The Kier molecular flexibility index (Phi) is 1.74. The standard InChI is InChI=1S/C7H10O3/c1-3-5-4(2)6(8)10-7(5)9/h4-5H,3H2,1-2H3/t4-,5-/m1/s1. The SMILES string of the molecule is CC[C@H]1C(=O)OC(=O)[C@@H]1C. The Balaban J connectivity index is 2.73. The second-order valence-corrected chi connectivity index (χ2v) is 2.54.